The number of rotatable bonds is 9. The Kier molecular flexibility index (Phi) is 8.82. The van der Waals surface area contributed by atoms with Gasteiger partial charge in [0.1, 0.15) is 5.82 Å². The quantitative estimate of drug-likeness (QED) is 0.148. The zero-order valence-corrected chi connectivity index (χ0v) is 31.2. The van der Waals surface area contributed by atoms with E-state index in [1.807, 2.05) is 12.1 Å². The van der Waals surface area contributed by atoms with E-state index in [0.717, 1.165) is 73.4 Å². The van der Waals surface area contributed by atoms with Crippen LogP contribution in [0.25, 0.3) is 50.0 Å². The summed E-state index contributed by atoms with van der Waals surface area (Å²) in [5, 5.41) is 2.44. The molecule has 0 spiro atoms. The van der Waals surface area contributed by atoms with Crippen molar-refractivity contribution in [2.24, 2.45) is 0 Å². The fourth-order valence-electron chi connectivity index (χ4n) is 7.86. The number of imidazole rings is 1. The Morgan fingerprint density at radius 3 is 1.42 bits per heavy atom. The minimum Gasteiger partial charge on any atom is -0.311 e. The van der Waals surface area contributed by atoms with Gasteiger partial charge in [0.05, 0.1) is 16.7 Å². The Morgan fingerprint density at radius 1 is 0.333 bits per heavy atom. The molecule has 0 saturated heterocycles. The molecule has 10 rings (SSSR count). The Bertz CT molecular complexity index is 2920. The van der Waals surface area contributed by atoms with Crippen molar-refractivity contribution in [2.45, 2.75) is 0 Å². The Hall–Kier alpha value is -7.69. The number of para-hydroxylation sites is 5. The lowest BCUT2D eigenvalue weighted by atomic mass is 10.0. The molecular weight excluding hydrogens is 693 g/mol. The number of fused-ring (bicyclic) bond motifs is 2. The summed E-state index contributed by atoms with van der Waals surface area (Å²) in [6.07, 6.45) is 0. The molecule has 4 heteroatoms. The first-order valence-electron chi connectivity index (χ1n) is 19.3. The average Bonchev–Trinajstić information content (AvgIpc) is 3.68. The molecule has 0 unspecified atom stereocenters. The molecule has 0 atom stereocenters. The molecule has 0 aliphatic carbocycles. The molecule has 0 N–H and O–H groups in total. The van der Waals surface area contributed by atoms with E-state index < -0.39 is 0 Å². The standard InChI is InChI=1S/C53H38N4/c1-4-17-43(18-5-1)55(47-37-31-42(32-38-47)53-54-50-24-12-13-25-52(50)57(53)45-21-8-3-9-22-45)46-33-27-39(28-34-46)40-29-35-48(36-30-40)56(44-19-6-2-7-20-44)51-26-14-16-41-15-10-11-23-49(41)51/h1-38H. The summed E-state index contributed by atoms with van der Waals surface area (Å²) in [6.45, 7) is 0. The van der Waals surface area contributed by atoms with Gasteiger partial charge in [0.15, 0.2) is 0 Å². The van der Waals surface area contributed by atoms with E-state index in [2.05, 4.69) is 233 Å². The normalized spacial score (nSPS) is 11.2. The molecule has 0 aliphatic rings. The average molecular weight is 731 g/mol. The third-order valence-corrected chi connectivity index (χ3v) is 10.6. The van der Waals surface area contributed by atoms with Crippen molar-refractivity contribution in [3.63, 3.8) is 0 Å². The SMILES string of the molecule is c1ccc(N(c2ccc(-c3ccc(N(c4ccccc4)c4cccc5ccccc45)cc3)cc2)c2ccc(-c3nc4ccccc4n3-c3ccccc3)cc2)cc1. The van der Waals surface area contributed by atoms with Crippen LogP contribution in [-0.4, -0.2) is 9.55 Å². The molecule has 1 heterocycles. The summed E-state index contributed by atoms with van der Waals surface area (Å²) >= 11 is 0. The zero-order chi connectivity index (χ0) is 38.0. The number of anilines is 6. The fourth-order valence-corrected chi connectivity index (χ4v) is 7.86. The monoisotopic (exact) mass is 730 g/mol. The number of hydrogen-bond donors (Lipinski definition) is 0. The molecule has 0 fully saturated rings. The van der Waals surface area contributed by atoms with Gasteiger partial charge in [0, 0.05) is 45.1 Å². The predicted octanol–water partition coefficient (Wildman–Crippen LogP) is 14.5. The van der Waals surface area contributed by atoms with Gasteiger partial charge in [-0.15, -0.1) is 0 Å². The summed E-state index contributed by atoms with van der Waals surface area (Å²) in [4.78, 5) is 9.74. The van der Waals surface area contributed by atoms with Gasteiger partial charge in [-0.25, -0.2) is 4.98 Å². The first-order valence-corrected chi connectivity index (χ1v) is 19.3. The van der Waals surface area contributed by atoms with E-state index in [1.54, 1.807) is 0 Å². The molecule has 0 radical (unpaired) electrons. The number of benzene rings is 9. The summed E-state index contributed by atoms with van der Waals surface area (Å²) in [5.74, 6) is 0.916. The van der Waals surface area contributed by atoms with E-state index in [1.165, 1.54) is 10.8 Å². The second-order valence-corrected chi connectivity index (χ2v) is 14.1. The molecule has 1 aromatic heterocycles. The minimum absolute atomic E-state index is 0.916. The number of nitrogens with zero attached hydrogens (tertiary/aromatic N) is 4. The van der Waals surface area contributed by atoms with Crippen LogP contribution < -0.4 is 9.80 Å². The summed E-state index contributed by atoms with van der Waals surface area (Å²) in [5.41, 5.74) is 13.1. The molecule has 9 aromatic carbocycles. The van der Waals surface area contributed by atoms with Gasteiger partial charge >= 0.3 is 0 Å². The highest BCUT2D eigenvalue weighted by molar-refractivity contribution is 5.99. The molecule has 0 saturated carbocycles. The van der Waals surface area contributed by atoms with Crippen LogP contribution in [0.2, 0.25) is 0 Å². The summed E-state index contributed by atoms with van der Waals surface area (Å²) < 4.78 is 2.24. The molecule has 0 bridgehead atoms. The first-order chi connectivity index (χ1) is 28.3. The fraction of sp³-hybridized carbons (Fsp3) is 0. The van der Waals surface area contributed by atoms with Gasteiger partial charge < -0.3 is 9.80 Å². The van der Waals surface area contributed by atoms with E-state index >= 15 is 0 Å². The van der Waals surface area contributed by atoms with Gasteiger partial charge in [-0.2, -0.15) is 0 Å². The van der Waals surface area contributed by atoms with Gasteiger partial charge in [-0.3, -0.25) is 4.57 Å². The molecular formula is C53H38N4. The smallest absolute Gasteiger partial charge is 0.145 e. The van der Waals surface area contributed by atoms with Crippen LogP contribution in [0.4, 0.5) is 34.1 Å². The first kappa shape index (κ1) is 33.8. The molecule has 10 aromatic rings. The number of hydrogen-bond acceptors (Lipinski definition) is 3. The van der Waals surface area contributed by atoms with E-state index in [4.69, 9.17) is 4.98 Å². The maximum absolute atomic E-state index is 5.09. The molecule has 0 amide bonds. The summed E-state index contributed by atoms with van der Waals surface area (Å²) in [7, 11) is 0. The lowest BCUT2D eigenvalue weighted by Gasteiger charge is -2.27. The van der Waals surface area contributed by atoms with Crippen molar-refractivity contribution in [1.29, 1.82) is 0 Å². The Morgan fingerprint density at radius 2 is 0.789 bits per heavy atom. The number of aromatic nitrogens is 2. The molecule has 0 aliphatic heterocycles. The van der Waals surface area contributed by atoms with Crippen molar-refractivity contribution >= 4 is 55.9 Å². The lowest BCUT2D eigenvalue weighted by Crippen LogP contribution is -2.10. The van der Waals surface area contributed by atoms with Gasteiger partial charge in [0.2, 0.25) is 0 Å². The van der Waals surface area contributed by atoms with Crippen molar-refractivity contribution in [3.05, 3.63) is 231 Å². The van der Waals surface area contributed by atoms with Gasteiger partial charge in [-0.1, -0.05) is 127 Å². The van der Waals surface area contributed by atoms with Crippen molar-refractivity contribution < 1.29 is 0 Å². The van der Waals surface area contributed by atoms with Crippen LogP contribution in [0.1, 0.15) is 0 Å². The maximum atomic E-state index is 5.09. The van der Waals surface area contributed by atoms with Gasteiger partial charge in [-0.05, 0) is 120 Å². The second-order valence-electron chi connectivity index (χ2n) is 14.1. The van der Waals surface area contributed by atoms with E-state index in [-0.39, 0.29) is 0 Å². The predicted molar refractivity (Wildman–Crippen MR) is 239 cm³/mol. The van der Waals surface area contributed by atoms with Crippen molar-refractivity contribution in [1.82, 2.24) is 9.55 Å². The summed E-state index contributed by atoms with van der Waals surface area (Å²) in [6, 6.07) is 81.5. The van der Waals surface area contributed by atoms with E-state index in [0.29, 0.717) is 0 Å². The van der Waals surface area contributed by atoms with Crippen LogP contribution in [-0.2, 0) is 0 Å². The van der Waals surface area contributed by atoms with Crippen molar-refractivity contribution in [2.75, 3.05) is 9.80 Å². The largest absolute Gasteiger partial charge is 0.311 e. The van der Waals surface area contributed by atoms with Crippen LogP contribution in [0.5, 0.6) is 0 Å². The highest BCUT2D eigenvalue weighted by Gasteiger charge is 2.18. The zero-order valence-electron chi connectivity index (χ0n) is 31.2. The van der Waals surface area contributed by atoms with Crippen LogP contribution in [0, 0.1) is 0 Å². The topological polar surface area (TPSA) is 24.3 Å². The third-order valence-electron chi connectivity index (χ3n) is 10.6. The molecule has 4 nitrogen and oxygen atoms in total. The van der Waals surface area contributed by atoms with Crippen molar-refractivity contribution in [3.8, 4) is 28.2 Å². The highest BCUT2D eigenvalue weighted by Crippen LogP contribution is 2.41. The third kappa shape index (κ3) is 6.49. The second kappa shape index (κ2) is 14.9. The van der Waals surface area contributed by atoms with Gasteiger partial charge in [0.25, 0.3) is 0 Å². The Balaban J connectivity index is 0.974. The van der Waals surface area contributed by atoms with Crippen LogP contribution in [0.15, 0.2) is 231 Å². The molecule has 57 heavy (non-hydrogen) atoms. The Labute approximate surface area is 332 Å². The van der Waals surface area contributed by atoms with Crippen LogP contribution in [0.3, 0.4) is 0 Å². The van der Waals surface area contributed by atoms with E-state index in [9.17, 15) is 0 Å². The van der Waals surface area contributed by atoms with Crippen LogP contribution >= 0.6 is 0 Å². The minimum atomic E-state index is 0.916. The molecule has 270 valence electrons. The highest BCUT2D eigenvalue weighted by atomic mass is 15.1. The maximum Gasteiger partial charge on any atom is 0.145 e. The lowest BCUT2D eigenvalue weighted by molar-refractivity contribution is 1.10.